The number of aryl methyl sites for hydroxylation is 1. The van der Waals surface area contributed by atoms with Crippen molar-refractivity contribution in [2.45, 2.75) is 13.1 Å². The van der Waals surface area contributed by atoms with Crippen molar-refractivity contribution >= 4 is 17.1 Å². The number of imidazole rings is 1. The molecule has 3 aromatic rings. The molecular weight excluding hydrogens is 281 g/mol. The molecule has 108 valence electrons. The van der Waals surface area contributed by atoms with Crippen molar-refractivity contribution in [3.63, 3.8) is 0 Å². The van der Waals surface area contributed by atoms with Gasteiger partial charge in [0, 0.05) is 6.20 Å². The molecule has 0 atom stereocenters. The Kier molecular flexibility index (Phi) is 2.86. The predicted octanol–water partition coefficient (Wildman–Crippen LogP) is 3.33. The molecule has 0 spiro atoms. The molecule has 3 rings (SSSR count). The summed E-state index contributed by atoms with van der Waals surface area (Å²) in [6, 6.07) is 6.53. The number of anilines is 1. The molecule has 0 aliphatic rings. The lowest BCUT2D eigenvalue weighted by atomic mass is 10.2. The summed E-state index contributed by atoms with van der Waals surface area (Å²) in [5.41, 5.74) is 7.67. The second-order valence-corrected chi connectivity index (χ2v) is 4.71. The number of alkyl halides is 3. The first-order valence-electron chi connectivity index (χ1n) is 6.14. The van der Waals surface area contributed by atoms with Crippen molar-refractivity contribution in [1.82, 2.24) is 14.5 Å². The smallest absolute Gasteiger partial charge is 0.369 e. The van der Waals surface area contributed by atoms with Crippen LogP contribution in [0.25, 0.3) is 16.9 Å². The third-order valence-corrected chi connectivity index (χ3v) is 3.11. The van der Waals surface area contributed by atoms with Crippen LogP contribution in [0.1, 0.15) is 11.1 Å². The van der Waals surface area contributed by atoms with Crippen molar-refractivity contribution in [2.24, 2.45) is 0 Å². The van der Waals surface area contributed by atoms with Crippen LogP contribution in [0.2, 0.25) is 0 Å². The topological polar surface area (TPSA) is 56.7 Å². The number of nitrogens with two attached hydrogens (primary N) is 1. The summed E-state index contributed by atoms with van der Waals surface area (Å²) >= 11 is 0. The Hall–Kier alpha value is -2.57. The summed E-state index contributed by atoms with van der Waals surface area (Å²) in [6.07, 6.45) is -2.71. The van der Waals surface area contributed by atoms with Crippen LogP contribution in [0.3, 0.4) is 0 Å². The van der Waals surface area contributed by atoms with Gasteiger partial charge in [-0.1, -0.05) is 0 Å². The van der Waals surface area contributed by atoms with Crippen molar-refractivity contribution in [1.29, 1.82) is 0 Å². The molecule has 4 nitrogen and oxygen atoms in total. The Morgan fingerprint density at radius 2 is 1.81 bits per heavy atom. The fraction of sp³-hybridized carbons (Fsp3) is 0.143. The minimum Gasteiger partial charge on any atom is -0.369 e. The fourth-order valence-electron chi connectivity index (χ4n) is 2.14. The maximum atomic E-state index is 12.6. The number of hydrogen-bond donors (Lipinski definition) is 1. The van der Waals surface area contributed by atoms with Gasteiger partial charge >= 0.3 is 6.18 Å². The van der Waals surface area contributed by atoms with E-state index >= 15 is 0 Å². The summed E-state index contributed by atoms with van der Waals surface area (Å²) in [6.45, 7) is 1.87. The van der Waals surface area contributed by atoms with Crippen LogP contribution >= 0.6 is 0 Å². The molecule has 7 heteroatoms. The Morgan fingerprint density at radius 3 is 2.43 bits per heavy atom. The zero-order valence-electron chi connectivity index (χ0n) is 11.0. The van der Waals surface area contributed by atoms with Gasteiger partial charge in [-0.3, -0.25) is 4.57 Å². The quantitative estimate of drug-likeness (QED) is 0.748. The second kappa shape index (κ2) is 4.47. The van der Waals surface area contributed by atoms with Gasteiger partial charge in [0.2, 0.25) is 5.95 Å². The minimum absolute atomic E-state index is 0.183. The minimum atomic E-state index is -4.36. The molecule has 0 aliphatic heterocycles. The largest absolute Gasteiger partial charge is 0.416 e. The van der Waals surface area contributed by atoms with Gasteiger partial charge in [-0.25, -0.2) is 9.97 Å². The van der Waals surface area contributed by atoms with E-state index in [2.05, 4.69) is 9.97 Å². The Bertz CT molecular complexity index is 803. The highest BCUT2D eigenvalue weighted by atomic mass is 19.4. The molecule has 21 heavy (non-hydrogen) atoms. The highest BCUT2D eigenvalue weighted by molar-refractivity contribution is 5.77. The van der Waals surface area contributed by atoms with Crippen LogP contribution in [-0.2, 0) is 6.18 Å². The van der Waals surface area contributed by atoms with E-state index in [-0.39, 0.29) is 5.95 Å². The SMILES string of the molecule is Cc1cnc2c(c1)nc(N)n2-c1ccc(C(F)(F)F)cc1. The van der Waals surface area contributed by atoms with E-state index in [9.17, 15) is 13.2 Å². The second-order valence-electron chi connectivity index (χ2n) is 4.71. The maximum Gasteiger partial charge on any atom is 0.416 e. The molecule has 0 bridgehead atoms. The van der Waals surface area contributed by atoms with Crippen LogP contribution < -0.4 is 5.73 Å². The van der Waals surface area contributed by atoms with Gasteiger partial charge in [0.1, 0.15) is 5.52 Å². The van der Waals surface area contributed by atoms with Gasteiger partial charge in [0.25, 0.3) is 0 Å². The third kappa shape index (κ3) is 2.31. The lowest BCUT2D eigenvalue weighted by molar-refractivity contribution is -0.137. The van der Waals surface area contributed by atoms with Gasteiger partial charge in [-0.15, -0.1) is 0 Å². The normalized spacial score (nSPS) is 12.0. The highest BCUT2D eigenvalue weighted by Crippen LogP contribution is 2.30. The average molecular weight is 292 g/mol. The summed E-state index contributed by atoms with van der Waals surface area (Å²) in [5, 5.41) is 0. The molecule has 0 saturated carbocycles. The monoisotopic (exact) mass is 292 g/mol. The van der Waals surface area contributed by atoms with Crippen molar-refractivity contribution < 1.29 is 13.2 Å². The molecule has 2 heterocycles. The van der Waals surface area contributed by atoms with Crippen LogP contribution in [0.5, 0.6) is 0 Å². The first-order valence-corrected chi connectivity index (χ1v) is 6.14. The predicted molar refractivity (Wildman–Crippen MR) is 73.0 cm³/mol. The number of nitrogens with zero attached hydrogens (tertiary/aromatic N) is 3. The van der Waals surface area contributed by atoms with Crippen molar-refractivity contribution in [3.8, 4) is 5.69 Å². The number of benzene rings is 1. The molecule has 0 unspecified atom stereocenters. The van der Waals surface area contributed by atoms with Gasteiger partial charge in [-0.05, 0) is 42.8 Å². The number of fused-ring (bicyclic) bond motifs is 1. The molecule has 2 N–H and O–H groups in total. The standard InChI is InChI=1S/C14H11F3N4/c1-8-6-11-12(19-7-8)21(13(18)20-11)10-4-2-9(3-5-10)14(15,16)17/h2-7H,1H3,(H2,18,20). The Morgan fingerprint density at radius 1 is 1.14 bits per heavy atom. The van der Waals surface area contributed by atoms with E-state index in [0.29, 0.717) is 16.9 Å². The number of aromatic nitrogens is 3. The van der Waals surface area contributed by atoms with Crippen LogP contribution in [0.4, 0.5) is 19.1 Å². The van der Waals surface area contributed by atoms with Crippen molar-refractivity contribution in [3.05, 3.63) is 47.7 Å². The summed E-state index contributed by atoms with van der Waals surface area (Å²) in [7, 11) is 0. The lowest BCUT2D eigenvalue weighted by Gasteiger charge is -2.09. The number of hydrogen-bond acceptors (Lipinski definition) is 3. The van der Waals surface area contributed by atoms with E-state index in [1.807, 2.05) is 13.0 Å². The van der Waals surface area contributed by atoms with Crippen LogP contribution in [0.15, 0.2) is 36.5 Å². The van der Waals surface area contributed by atoms with E-state index in [1.165, 1.54) is 16.7 Å². The van der Waals surface area contributed by atoms with Crippen molar-refractivity contribution in [2.75, 3.05) is 5.73 Å². The first kappa shape index (κ1) is 13.4. The number of halogens is 3. The van der Waals surface area contributed by atoms with Gasteiger partial charge in [0.05, 0.1) is 11.3 Å². The molecule has 2 aromatic heterocycles. The molecule has 0 aliphatic carbocycles. The molecular formula is C14H11F3N4. The van der Waals surface area contributed by atoms with E-state index in [0.717, 1.165) is 17.7 Å². The summed E-state index contributed by atoms with van der Waals surface area (Å²) in [4.78, 5) is 8.42. The van der Waals surface area contributed by atoms with Gasteiger partial charge in [-0.2, -0.15) is 13.2 Å². The fourth-order valence-corrected chi connectivity index (χ4v) is 2.14. The van der Waals surface area contributed by atoms with E-state index in [1.54, 1.807) is 6.20 Å². The Balaban J connectivity index is 2.14. The summed E-state index contributed by atoms with van der Waals surface area (Å²) in [5.74, 6) is 0.183. The molecule has 0 fully saturated rings. The van der Waals surface area contributed by atoms with Crippen LogP contribution in [-0.4, -0.2) is 14.5 Å². The summed E-state index contributed by atoms with van der Waals surface area (Å²) < 4.78 is 39.3. The van der Waals surface area contributed by atoms with Crippen LogP contribution in [0, 0.1) is 6.92 Å². The number of rotatable bonds is 1. The first-order chi connectivity index (χ1) is 9.86. The molecule has 1 aromatic carbocycles. The van der Waals surface area contributed by atoms with E-state index in [4.69, 9.17) is 5.73 Å². The maximum absolute atomic E-state index is 12.6. The molecule has 0 saturated heterocycles. The third-order valence-electron chi connectivity index (χ3n) is 3.11. The average Bonchev–Trinajstić information content (AvgIpc) is 2.73. The Labute approximate surface area is 118 Å². The molecule has 0 radical (unpaired) electrons. The van der Waals surface area contributed by atoms with Gasteiger partial charge in [0.15, 0.2) is 5.65 Å². The zero-order valence-corrected chi connectivity index (χ0v) is 11.0. The van der Waals surface area contributed by atoms with E-state index < -0.39 is 11.7 Å². The zero-order chi connectivity index (χ0) is 15.2. The molecule has 0 amide bonds. The number of nitrogen functional groups attached to an aromatic ring is 1. The number of pyridine rings is 1. The lowest BCUT2D eigenvalue weighted by Crippen LogP contribution is -2.06. The highest BCUT2D eigenvalue weighted by Gasteiger charge is 2.30. The van der Waals surface area contributed by atoms with Gasteiger partial charge < -0.3 is 5.73 Å².